The Morgan fingerprint density at radius 2 is 1.84 bits per heavy atom. The number of aromatic nitrogens is 7. The molecule has 32 heavy (non-hydrogen) atoms. The second kappa shape index (κ2) is 8.56. The topological polar surface area (TPSA) is 105 Å². The Balaban J connectivity index is 1.46. The van der Waals surface area contributed by atoms with Crippen LogP contribution < -0.4 is 4.90 Å². The van der Waals surface area contributed by atoms with Gasteiger partial charge in [-0.25, -0.2) is 9.78 Å². The molecule has 1 N–H and O–H groups in total. The van der Waals surface area contributed by atoms with Crippen LogP contribution in [0.3, 0.4) is 0 Å². The van der Waals surface area contributed by atoms with Gasteiger partial charge in [-0.2, -0.15) is 0 Å². The number of fused-ring (bicyclic) bond motifs is 1. The number of tetrazole rings is 1. The number of halogens is 1. The molecular weight excluding hydrogens is 428 g/mol. The maximum atomic E-state index is 13.4. The minimum Gasteiger partial charge on any atom is -0.306 e. The highest BCUT2D eigenvalue weighted by Gasteiger charge is 2.19. The van der Waals surface area contributed by atoms with E-state index in [4.69, 9.17) is 11.6 Å². The van der Waals surface area contributed by atoms with Crippen LogP contribution in [-0.2, 0) is 17.9 Å². The van der Waals surface area contributed by atoms with Crippen LogP contribution in [0.2, 0.25) is 5.02 Å². The van der Waals surface area contributed by atoms with Crippen molar-refractivity contribution in [1.29, 1.82) is 0 Å². The number of hydrogen-bond donors (Lipinski definition) is 1. The van der Waals surface area contributed by atoms with Crippen LogP contribution in [0.5, 0.6) is 0 Å². The van der Waals surface area contributed by atoms with Gasteiger partial charge in [0.25, 0.3) is 0 Å². The molecule has 0 spiro atoms. The summed E-state index contributed by atoms with van der Waals surface area (Å²) in [5.74, 6) is 0.424. The largest absolute Gasteiger partial charge is 0.306 e. The molecule has 0 saturated carbocycles. The lowest BCUT2D eigenvalue weighted by molar-refractivity contribution is -0.119. The van der Waals surface area contributed by atoms with E-state index in [1.54, 1.807) is 15.6 Å². The molecule has 158 valence electrons. The molecule has 0 aliphatic carbocycles. The van der Waals surface area contributed by atoms with E-state index in [1.807, 2.05) is 66.7 Å². The Bertz CT molecular complexity index is 1360. The molecule has 0 fully saturated rings. The van der Waals surface area contributed by atoms with Gasteiger partial charge < -0.3 is 4.90 Å². The minimum absolute atomic E-state index is 0.0505. The fraction of sp³-hybridized carbons (Fsp3) is 0.0909. The minimum atomic E-state index is -0.130. The third-order valence-corrected chi connectivity index (χ3v) is 5.27. The Morgan fingerprint density at radius 3 is 2.62 bits per heavy atom. The van der Waals surface area contributed by atoms with E-state index >= 15 is 0 Å². The van der Waals surface area contributed by atoms with Crippen molar-refractivity contribution in [3.8, 4) is 11.4 Å². The molecule has 10 heteroatoms. The van der Waals surface area contributed by atoms with Gasteiger partial charge in [0.15, 0.2) is 5.82 Å². The van der Waals surface area contributed by atoms with Crippen LogP contribution in [0, 0.1) is 0 Å². The lowest BCUT2D eigenvalue weighted by Crippen LogP contribution is -2.33. The van der Waals surface area contributed by atoms with E-state index in [0.29, 0.717) is 17.4 Å². The van der Waals surface area contributed by atoms with Crippen molar-refractivity contribution in [2.45, 2.75) is 13.1 Å². The van der Waals surface area contributed by atoms with Gasteiger partial charge in [0.1, 0.15) is 12.1 Å². The van der Waals surface area contributed by atoms with Crippen LogP contribution in [0.25, 0.3) is 22.4 Å². The average molecular weight is 445 g/mol. The number of nitrogens with zero attached hydrogens (tertiary/aromatic N) is 7. The zero-order chi connectivity index (χ0) is 21.9. The van der Waals surface area contributed by atoms with E-state index in [-0.39, 0.29) is 12.5 Å². The number of aromatic amines is 1. The van der Waals surface area contributed by atoms with E-state index in [1.165, 1.54) is 0 Å². The number of para-hydroxylation sites is 1. The highest BCUT2D eigenvalue weighted by molar-refractivity contribution is 6.30. The molecule has 0 aliphatic heterocycles. The van der Waals surface area contributed by atoms with Gasteiger partial charge in [0.05, 0.1) is 12.1 Å². The van der Waals surface area contributed by atoms with Gasteiger partial charge in [0, 0.05) is 16.3 Å². The Kier molecular flexibility index (Phi) is 5.30. The van der Waals surface area contributed by atoms with Gasteiger partial charge in [-0.15, -0.1) is 10.2 Å². The molecule has 5 aromatic rings. The first-order valence-electron chi connectivity index (χ1n) is 9.84. The summed E-state index contributed by atoms with van der Waals surface area (Å²) >= 11 is 6.16. The fourth-order valence-electron chi connectivity index (χ4n) is 3.47. The van der Waals surface area contributed by atoms with Crippen molar-refractivity contribution in [2.24, 2.45) is 0 Å². The second-order valence-corrected chi connectivity index (χ2v) is 7.58. The Labute approximate surface area is 187 Å². The van der Waals surface area contributed by atoms with Crippen molar-refractivity contribution in [1.82, 2.24) is 35.6 Å². The third kappa shape index (κ3) is 4.06. The number of amides is 1. The summed E-state index contributed by atoms with van der Waals surface area (Å²) in [6.07, 6.45) is 0. The molecule has 0 bridgehead atoms. The van der Waals surface area contributed by atoms with Crippen LogP contribution in [-0.4, -0.2) is 41.5 Å². The molecule has 0 saturated heterocycles. The first-order chi connectivity index (χ1) is 15.7. The van der Waals surface area contributed by atoms with Gasteiger partial charge in [0.2, 0.25) is 5.91 Å². The van der Waals surface area contributed by atoms with E-state index in [2.05, 4.69) is 30.9 Å². The fourth-order valence-corrected chi connectivity index (χ4v) is 3.68. The first-order valence-corrected chi connectivity index (χ1v) is 10.2. The molecule has 0 atom stereocenters. The molecule has 9 nitrogen and oxygen atoms in total. The molecule has 2 heterocycles. The number of benzene rings is 3. The number of rotatable bonds is 6. The maximum absolute atomic E-state index is 13.4. The highest BCUT2D eigenvalue weighted by Crippen LogP contribution is 2.23. The maximum Gasteiger partial charge on any atom is 0.249 e. The molecule has 0 radical (unpaired) electrons. The van der Waals surface area contributed by atoms with Crippen molar-refractivity contribution < 1.29 is 4.79 Å². The predicted molar refractivity (Wildman–Crippen MR) is 120 cm³/mol. The molecule has 5 rings (SSSR count). The first kappa shape index (κ1) is 19.8. The van der Waals surface area contributed by atoms with E-state index in [9.17, 15) is 4.79 Å². The smallest absolute Gasteiger partial charge is 0.249 e. The number of hydrogen-bond acceptors (Lipinski definition) is 6. The standard InChI is InChI=1S/C22H17ClN8O/c23-17-5-3-4-15(12-17)13-30(18-10-8-16(9-11-18)22-25-27-28-26-22)21(32)14-31-20-7-2-1-6-19(20)24-29-31/h1-12H,13-14H2,(H,25,26,27,28). The summed E-state index contributed by atoms with van der Waals surface area (Å²) in [7, 11) is 0. The van der Waals surface area contributed by atoms with Gasteiger partial charge in [-0.1, -0.05) is 41.1 Å². The van der Waals surface area contributed by atoms with E-state index in [0.717, 1.165) is 27.8 Å². The average Bonchev–Trinajstić information content (AvgIpc) is 3.49. The van der Waals surface area contributed by atoms with Crippen LogP contribution in [0.1, 0.15) is 5.56 Å². The Hall–Kier alpha value is -4.11. The van der Waals surface area contributed by atoms with Gasteiger partial charge in [-0.05, 0) is 64.5 Å². The lowest BCUT2D eigenvalue weighted by atomic mass is 10.1. The van der Waals surface area contributed by atoms with Crippen LogP contribution >= 0.6 is 11.6 Å². The number of carbonyl (C=O) groups is 1. The van der Waals surface area contributed by atoms with E-state index < -0.39 is 0 Å². The molecule has 1 amide bonds. The van der Waals surface area contributed by atoms with Gasteiger partial charge >= 0.3 is 0 Å². The summed E-state index contributed by atoms with van der Waals surface area (Å²) in [6.45, 7) is 0.407. The monoisotopic (exact) mass is 444 g/mol. The summed E-state index contributed by atoms with van der Waals surface area (Å²) in [5, 5.41) is 22.8. The van der Waals surface area contributed by atoms with Crippen molar-refractivity contribution in [2.75, 3.05) is 4.90 Å². The van der Waals surface area contributed by atoms with Crippen LogP contribution in [0.4, 0.5) is 5.69 Å². The SMILES string of the molecule is O=C(Cn1nnc2ccccc21)N(Cc1cccc(Cl)c1)c1ccc(-c2nnn[nH]2)cc1. The van der Waals surface area contributed by atoms with Gasteiger partial charge in [-0.3, -0.25) is 4.79 Å². The molecule has 0 unspecified atom stereocenters. The number of nitrogens with one attached hydrogen (secondary N) is 1. The molecule has 0 aliphatic rings. The van der Waals surface area contributed by atoms with Crippen LogP contribution in [0.15, 0.2) is 72.8 Å². The number of anilines is 1. The normalized spacial score (nSPS) is 11.0. The van der Waals surface area contributed by atoms with Crippen molar-refractivity contribution in [3.05, 3.63) is 83.4 Å². The molecular formula is C22H17ClN8O. The quantitative estimate of drug-likeness (QED) is 0.429. The Morgan fingerprint density at radius 1 is 1.00 bits per heavy atom. The summed E-state index contributed by atoms with van der Waals surface area (Å²) < 4.78 is 1.61. The second-order valence-electron chi connectivity index (χ2n) is 7.14. The zero-order valence-corrected chi connectivity index (χ0v) is 17.5. The highest BCUT2D eigenvalue weighted by atomic mass is 35.5. The third-order valence-electron chi connectivity index (χ3n) is 5.03. The summed E-state index contributed by atoms with van der Waals surface area (Å²) in [4.78, 5) is 15.1. The molecule has 3 aromatic carbocycles. The molecule has 2 aromatic heterocycles. The summed E-state index contributed by atoms with van der Waals surface area (Å²) in [5.41, 5.74) is 4.01. The van der Waals surface area contributed by atoms with Crippen molar-refractivity contribution >= 4 is 34.2 Å². The lowest BCUT2D eigenvalue weighted by Gasteiger charge is -2.23. The van der Waals surface area contributed by atoms with Crippen molar-refractivity contribution in [3.63, 3.8) is 0 Å². The summed E-state index contributed by atoms with van der Waals surface area (Å²) in [6, 6.07) is 22.4. The number of H-pyrrole nitrogens is 1. The zero-order valence-electron chi connectivity index (χ0n) is 16.8. The number of carbonyl (C=O) groups excluding carboxylic acids is 1. The predicted octanol–water partition coefficient (Wildman–Crippen LogP) is 3.50.